The number of amides is 8. The molecule has 4 rings (SSSR count). The van der Waals surface area contributed by atoms with Crippen LogP contribution in [0.1, 0.15) is 75.8 Å². The monoisotopic (exact) mass is 1050 g/mol. The molecule has 1 aromatic heterocycles. The highest BCUT2D eigenvalue weighted by Crippen LogP contribution is 2.20. The molecule has 25 nitrogen and oxygen atoms in total. The Morgan fingerprint density at radius 3 is 1.95 bits per heavy atom. The van der Waals surface area contributed by atoms with Crippen LogP contribution in [0.5, 0.6) is 0 Å². The van der Waals surface area contributed by atoms with Gasteiger partial charge in [-0.2, -0.15) is 0 Å². The van der Waals surface area contributed by atoms with E-state index in [4.69, 9.17) is 34.4 Å². The molecule has 26 heteroatoms. The number of aromatic amines is 1. The zero-order valence-corrected chi connectivity index (χ0v) is 42.1. The summed E-state index contributed by atoms with van der Waals surface area (Å²) in [6.45, 7) is 5.10. The van der Waals surface area contributed by atoms with E-state index < -0.39 is 102 Å². The standard InChI is InChI=1S/C49H72FN17O8/c1-27(52)33-14-7-21-57-41(69)18-17-37(64-42(70)35(61-28(2)68)15-8-22-58-48(53)54)44(72)65-38(19-20-51)45(73)66-39(24-29-10-3-5-12-32(29)50)47(75)63-36(16-9-23-59-49(55)56)43(71)67-40(46(74)62-33)25-30-26-60-34-13-6-4-11-31(30)34/h3-6,10-13,26,33,35-40,60H,1,7-9,14-25,51-52H2,2H3,(H,57,69)(H,61,68)(H,62,74)(H,63,75)(H,64,70)(H,65,72)(H,66,73)(H,67,71)(H4,53,54,58)(H4,55,56,59)/t33?,35-,36-,37-,38-,39+,40-/m0/s1. The number of carbonyl (C=O) groups is 8. The summed E-state index contributed by atoms with van der Waals surface area (Å²) in [6.07, 6.45) is 1.15. The predicted octanol–water partition coefficient (Wildman–Crippen LogP) is -2.88. The minimum absolute atomic E-state index is 0.00284. The summed E-state index contributed by atoms with van der Waals surface area (Å²) in [7, 11) is 0. The second-order valence-corrected chi connectivity index (χ2v) is 18.1. The first-order valence-electron chi connectivity index (χ1n) is 24.7. The highest BCUT2D eigenvalue weighted by atomic mass is 19.1. The molecular weight excluding hydrogens is 974 g/mol. The van der Waals surface area contributed by atoms with Crippen LogP contribution in [0.2, 0.25) is 0 Å². The van der Waals surface area contributed by atoms with E-state index in [1.165, 1.54) is 25.1 Å². The number of H-pyrrole nitrogens is 1. The molecule has 0 radical (unpaired) electrons. The largest absolute Gasteiger partial charge is 0.401 e. The Labute approximate surface area is 433 Å². The third kappa shape index (κ3) is 19.9. The van der Waals surface area contributed by atoms with Crippen molar-refractivity contribution >= 4 is 70.1 Å². The van der Waals surface area contributed by atoms with E-state index in [1.807, 2.05) is 24.3 Å². The highest BCUT2D eigenvalue weighted by molar-refractivity contribution is 5.97. The molecule has 0 spiro atoms. The third-order valence-electron chi connectivity index (χ3n) is 12.1. The van der Waals surface area contributed by atoms with Gasteiger partial charge in [-0.05, 0) is 81.2 Å². The van der Waals surface area contributed by atoms with Crippen LogP contribution >= 0.6 is 0 Å². The quantitative estimate of drug-likeness (QED) is 0.0346. The molecule has 0 saturated carbocycles. The van der Waals surface area contributed by atoms with Gasteiger partial charge in [-0.3, -0.25) is 48.3 Å². The van der Waals surface area contributed by atoms with E-state index in [0.717, 1.165) is 17.0 Å². The number of nitrogens with one attached hydrogen (secondary N) is 9. The van der Waals surface area contributed by atoms with Crippen molar-refractivity contribution in [1.29, 1.82) is 0 Å². The van der Waals surface area contributed by atoms with E-state index in [1.54, 1.807) is 6.20 Å². The molecule has 1 aliphatic heterocycles. The molecule has 1 saturated heterocycles. The summed E-state index contributed by atoms with van der Waals surface area (Å²) >= 11 is 0. The molecule has 1 fully saturated rings. The number of para-hydroxylation sites is 1. The maximum atomic E-state index is 15.3. The van der Waals surface area contributed by atoms with E-state index in [0.29, 0.717) is 5.56 Å². The van der Waals surface area contributed by atoms with Crippen molar-refractivity contribution in [2.45, 2.75) is 120 Å². The zero-order valence-electron chi connectivity index (χ0n) is 42.1. The molecule has 1 unspecified atom stereocenters. The fraction of sp³-hybridized carbons (Fsp3) is 0.469. The first-order valence-corrected chi connectivity index (χ1v) is 24.7. The average molecular weight is 1050 g/mol. The molecule has 7 atom stereocenters. The van der Waals surface area contributed by atoms with Crippen molar-refractivity contribution < 1.29 is 42.7 Å². The molecule has 0 aliphatic carbocycles. The van der Waals surface area contributed by atoms with E-state index in [9.17, 15) is 38.4 Å². The van der Waals surface area contributed by atoms with Crippen molar-refractivity contribution in [3.63, 3.8) is 0 Å². The molecule has 21 N–H and O–H groups in total. The number of rotatable bonds is 18. The lowest BCUT2D eigenvalue weighted by molar-refractivity contribution is -0.135. The fourth-order valence-corrected chi connectivity index (χ4v) is 8.20. The number of hydrogen-bond donors (Lipinski definition) is 15. The maximum Gasteiger partial charge on any atom is 0.243 e. The third-order valence-corrected chi connectivity index (χ3v) is 12.1. The van der Waals surface area contributed by atoms with Gasteiger partial charge < -0.3 is 81.9 Å². The molecule has 1 aliphatic rings. The van der Waals surface area contributed by atoms with Crippen LogP contribution in [0.25, 0.3) is 10.9 Å². The highest BCUT2D eigenvalue weighted by Gasteiger charge is 2.35. The van der Waals surface area contributed by atoms with E-state index in [-0.39, 0.29) is 114 Å². The van der Waals surface area contributed by atoms with Crippen LogP contribution in [-0.2, 0) is 51.2 Å². The van der Waals surface area contributed by atoms with Gasteiger partial charge in [0, 0.05) is 68.6 Å². The number of halogens is 1. The molecule has 408 valence electrons. The lowest BCUT2D eigenvalue weighted by Crippen LogP contribution is -2.60. The minimum atomic E-state index is -1.61. The molecule has 2 heterocycles. The molecule has 3 aromatic rings. The van der Waals surface area contributed by atoms with Crippen LogP contribution in [0.3, 0.4) is 0 Å². The minimum Gasteiger partial charge on any atom is -0.401 e. The first-order chi connectivity index (χ1) is 35.8. The average Bonchev–Trinajstić information content (AvgIpc) is 3.77. The molecule has 2 aromatic carbocycles. The fourth-order valence-electron chi connectivity index (χ4n) is 8.20. The summed E-state index contributed by atoms with van der Waals surface area (Å²) in [5.74, 6) is -7.33. The second kappa shape index (κ2) is 30.0. The lowest BCUT2D eigenvalue weighted by atomic mass is 10.0. The number of nitrogens with two attached hydrogens (primary N) is 6. The van der Waals surface area contributed by atoms with Crippen LogP contribution in [-0.4, -0.2) is 133 Å². The molecular formula is C49H72FN17O8. The number of aromatic nitrogens is 1. The predicted molar refractivity (Wildman–Crippen MR) is 280 cm³/mol. The van der Waals surface area contributed by atoms with Crippen molar-refractivity contribution in [2.24, 2.45) is 44.4 Å². The van der Waals surface area contributed by atoms with Gasteiger partial charge in [0.05, 0.1) is 6.04 Å². The maximum absolute atomic E-state index is 15.3. The number of guanidine groups is 2. The summed E-state index contributed by atoms with van der Waals surface area (Å²) in [4.78, 5) is 122. The van der Waals surface area contributed by atoms with Crippen molar-refractivity contribution in [3.05, 3.63) is 83.9 Å². The number of fused-ring (bicyclic) bond motifs is 1. The molecule has 0 bridgehead atoms. The van der Waals surface area contributed by atoms with Crippen molar-refractivity contribution in [1.82, 2.24) is 47.5 Å². The Kier molecular flexibility index (Phi) is 23.7. The van der Waals surface area contributed by atoms with Gasteiger partial charge in [-0.1, -0.05) is 43.0 Å². The zero-order chi connectivity index (χ0) is 55.0. The molecule has 8 amide bonds. The number of carbonyl (C=O) groups excluding carboxylic acids is 8. The van der Waals surface area contributed by atoms with Gasteiger partial charge >= 0.3 is 0 Å². The van der Waals surface area contributed by atoms with Gasteiger partial charge in [0.25, 0.3) is 0 Å². The van der Waals surface area contributed by atoms with Crippen molar-refractivity contribution in [2.75, 3.05) is 26.2 Å². The first kappa shape index (κ1) is 59.3. The number of nitrogens with zero attached hydrogens (tertiary/aromatic N) is 2. The normalized spacial score (nSPS) is 21.1. The smallest absolute Gasteiger partial charge is 0.243 e. The van der Waals surface area contributed by atoms with Gasteiger partial charge in [0.2, 0.25) is 47.3 Å². The van der Waals surface area contributed by atoms with Crippen LogP contribution < -0.4 is 76.9 Å². The van der Waals surface area contributed by atoms with Crippen LogP contribution in [0.4, 0.5) is 4.39 Å². The Morgan fingerprint density at radius 1 is 0.733 bits per heavy atom. The van der Waals surface area contributed by atoms with Crippen LogP contribution in [0, 0.1) is 5.82 Å². The van der Waals surface area contributed by atoms with Gasteiger partial charge in [0.1, 0.15) is 42.1 Å². The van der Waals surface area contributed by atoms with Crippen molar-refractivity contribution in [3.8, 4) is 0 Å². The van der Waals surface area contributed by atoms with Gasteiger partial charge in [0.15, 0.2) is 11.9 Å². The summed E-state index contributed by atoms with van der Waals surface area (Å²) < 4.78 is 15.3. The Balaban J connectivity index is 1.77. The summed E-state index contributed by atoms with van der Waals surface area (Å²) in [5, 5.41) is 22.2. The van der Waals surface area contributed by atoms with E-state index in [2.05, 4.69) is 64.1 Å². The molecule has 75 heavy (non-hydrogen) atoms. The summed E-state index contributed by atoms with van der Waals surface area (Å²) in [5.41, 5.74) is 35.6. The Morgan fingerprint density at radius 2 is 1.31 bits per heavy atom. The van der Waals surface area contributed by atoms with Crippen LogP contribution in [0.15, 0.2) is 77.0 Å². The Hall–Kier alpha value is -8.29. The van der Waals surface area contributed by atoms with Gasteiger partial charge in [-0.25, -0.2) is 4.39 Å². The number of aliphatic imine (C=N–C) groups is 2. The number of benzene rings is 2. The second-order valence-electron chi connectivity index (χ2n) is 18.1. The Bertz CT molecular complexity index is 2550. The van der Waals surface area contributed by atoms with Gasteiger partial charge in [-0.15, -0.1) is 0 Å². The van der Waals surface area contributed by atoms with E-state index >= 15 is 4.39 Å². The number of hydrogen-bond acceptors (Lipinski definition) is 12. The lowest BCUT2D eigenvalue weighted by Gasteiger charge is -2.28. The SMILES string of the molecule is C=C(N)C1CCCNC(=O)CC[C@H](NC(=O)[C@H](CCCN=C(N)N)NC(C)=O)C(=O)N[C@@H](CCN)C(=O)N[C@H](Cc2ccccc2F)C(=O)N[C@@H](CCCN=C(N)N)C(=O)N[C@@H](Cc2c[nH]c3ccccc23)C(=O)N1. The summed E-state index contributed by atoms with van der Waals surface area (Å²) in [6, 6.07) is 3.55. The topological polar surface area (TPSA) is 429 Å².